The van der Waals surface area contributed by atoms with Gasteiger partial charge in [-0.25, -0.2) is 9.48 Å². The highest BCUT2D eigenvalue weighted by atomic mass is 16.5. The summed E-state index contributed by atoms with van der Waals surface area (Å²) in [7, 11) is 1.59. The van der Waals surface area contributed by atoms with Gasteiger partial charge in [-0.3, -0.25) is 9.36 Å². The van der Waals surface area contributed by atoms with Gasteiger partial charge < -0.3 is 15.6 Å². The van der Waals surface area contributed by atoms with Crippen LogP contribution in [0.2, 0.25) is 0 Å². The molecule has 1 aromatic carbocycles. The van der Waals surface area contributed by atoms with Crippen LogP contribution in [0.4, 0.5) is 0 Å². The van der Waals surface area contributed by atoms with Gasteiger partial charge in [0.2, 0.25) is 0 Å². The molecule has 1 aromatic heterocycles. The van der Waals surface area contributed by atoms with Crippen LogP contribution in [0.15, 0.2) is 35.4 Å². The first-order valence-electron chi connectivity index (χ1n) is 6.75. The number of carbonyl (C=O) groups is 1. The van der Waals surface area contributed by atoms with Gasteiger partial charge in [-0.05, 0) is 24.1 Å². The van der Waals surface area contributed by atoms with Gasteiger partial charge in [0.05, 0.1) is 13.7 Å². The van der Waals surface area contributed by atoms with Crippen LogP contribution in [0.1, 0.15) is 12.0 Å². The summed E-state index contributed by atoms with van der Waals surface area (Å²) in [5, 5.41) is 12.7. The maximum atomic E-state index is 12.1. The summed E-state index contributed by atoms with van der Waals surface area (Å²) < 4.78 is 7.74. The van der Waals surface area contributed by atoms with Crippen molar-refractivity contribution in [2.24, 2.45) is 5.73 Å². The minimum Gasteiger partial charge on any atom is -0.497 e. The molecule has 8 heteroatoms. The highest BCUT2D eigenvalue weighted by Gasteiger charge is 2.13. The molecule has 0 aliphatic heterocycles. The molecule has 22 heavy (non-hydrogen) atoms. The van der Waals surface area contributed by atoms with Gasteiger partial charge in [0, 0.05) is 6.54 Å². The number of rotatable bonds is 7. The fourth-order valence-electron chi connectivity index (χ4n) is 1.95. The number of nitrogens with two attached hydrogens (primary N) is 1. The third kappa shape index (κ3) is 3.73. The van der Waals surface area contributed by atoms with Crippen LogP contribution < -0.4 is 16.2 Å². The normalized spacial score (nSPS) is 12.1. The van der Waals surface area contributed by atoms with E-state index in [0.29, 0.717) is 6.54 Å². The van der Waals surface area contributed by atoms with Crippen molar-refractivity contribution in [3.05, 3.63) is 46.6 Å². The second kappa shape index (κ2) is 6.90. The number of hydrogen-bond acceptors (Lipinski definition) is 5. The number of methoxy groups -OCH3 is 1. The van der Waals surface area contributed by atoms with E-state index in [0.717, 1.165) is 11.3 Å². The molecular formula is C14H18N4O4. The van der Waals surface area contributed by atoms with E-state index in [-0.39, 0.29) is 18.7 Å². The lowest BCUT2D eigenvalue weighted by Gasteiger charge is -2.05. The summed E-state index contributed by atoms with van der Waals surface area (Å²) in [6, 6.07) is 6.36. The van der Waals surface area contributed by atoms with Crippen molar-refractivity contribution in [2.45, 2.75) is 25.6 Å². The number of hydrogen-bond donors (Lipinski definition) is 2. The molecule has 1 heterocycles. The number of aromatic nitrogens is 3. The average molecular weight is 306 g/mol. The van der Waals surface area contributed by atoms with Gasteiger partial charge in [0.25, 0.3) is 0 Å². The van der Waals surface area contributed by atoms with Crippen molar-refractivity contribution in [2.75, 3.05) is 7.11 Å². The third-order valence-corrected chi connectivity index (χ3v) is 3.28. The molecule has 0 aliphatic carbocycles. The number of carboxylic acids is 1. The highest BCUT2D eigenvalue weighted by Crippen LogP contribution is 2.11. The van der Waals surface area contributed by atoms with Crippen molar-refractivity contribution < 1.29 is 14.6 Å². The molecule has 0 fully saturated rings. The van der Waals surface area contributed by atoms with Crippen LogP contribution in [0.25, 0.3) is 0 Å². The van der Waals surface area contributed by atoms with Crippen LogP contribution in [0.3, 0.4) is 0 Å². The zero-order valence-corrected chi connectivity index (χ0v) is 12.2. The monoisotopic (exact) mass is 306 g/mol. The molecule has 1 atom stereocenters. The van der Waals surface area contributed by atoms with E-state index >= 15 is 0 Å². The second-order valence-corrected chi connectivity index (χ2v) is 4.85. The van der Waals surface area contributed by atoms with E-state index in [1.54, 1.807) is 7.11 Å². The standard InChI is InChI=1S/C14H18N4O4/c1-22-11-4-2-10(3-5-11)8-17-9-16-18(14(17)21)7-6-12(15)13(19)20/h2-5,9,12H,6-8,15H2,1H3,(H,19,20)/t12-/m0/s1. The molecule has 0 amide bonds. The molecule has 2 rings (SSSR count). The van der Waals surface area contributed by atoms with Gasteiger partial charge in [0.15, 0.2) is 0 Å². The van der Waals surface area contributed by atoms with Gasteiger partial charge in [-0.1, -0.05) is 12.1 Å². The lowest BCUT2D eigenvalue weighted by molar-refractivity contribution is -0.138. The molecular weight excluding hydrogens is 288 g/mol. The Morgan fingerprint density at radius 2 is 2.09 bits per heavy atom. The first-order chi connectivity index (χ1) is 10.5. The molecule has 0 bridgehead atoms. The van der Waals surface area contributed by atoms with E-state index in [1.165, 1.54) is 15.6 Å². The van der Waals surface area contributed by atoms with Gasteiger partial charge in [-0.15, -0.1) is 0 Å². The van der Waals surface area contributed by atoms with Crippen molar-refractivity contribution >= 4 is 5.97 Å². The van der Waals surface area contributed by atoms with Crippen LogP contribution in [-0.2, 0) is 17.9 Å². The maximum Gasteiger partial charge on any atom is 0.346 e. The summed E-state index contributed by atoms with van der Waals surface area (Å²) >= 11 is 0. The Balaban J connectivity index is 2.04. The Labute approximate surface area is 126 Å². The molecule has 0 radical (unpaired) electrons. The van der Waals surface area contributed by atoms with E-state index in [1.807, 2.05) is 24.3 Å². The Hall–Kier alpha value is -2.61. The number of aryl methyl sites for hydroxylation is 1. The van der Waals surface area contributed by atoms with E-state index in [2.05, 4.69) is 5.10 Å². The van der Waals surface area contributed by atoms with Crippen LogP contribution in [0.5, 0.6) is 5.75 Å². The first-order valence-corrected chi connectivity index (χ1v) is 6.75. The Kier molecular flexibility index (Phi) is 4.95. The number of nitrogens with zero attached hydrogens (tertiary/aromatic N) is 3. The van der Waals surface area contributed by atoms with Crippen LogP contribution in [0, 0.1) is 0 Å². The smallest absolute Gasteiger partial charge is 0.346 e. The molecule has 118 valence electrons. The van der Waals surface area contributed by atoms with Crippen LogP contribution >= 0.6 is 0 Å². The zero-order chi connectivity index (χ0) is 16.1. The summed E-state index contributed by atoms with van der Waals surface area (Å²) in [5.74, 6) is -0.347. The number of aliphatic carboxylic acids is 1. The van der Waals surface area contributed by atoms with E-state index < -0.39 is 12.0 Å². The Morgan fingerprint density at radius 1 is 1.41 bits per heavy atom. The molecule has 2 aromatic rings. The molecule has 0 saturated carbocycles. The van der Waals surface area contributed by atoms with Gasteiger partial charge in [-0.2, -0.15) is 5.10 Å². The van der Waals surface area contributed by atoms with E-state index in [9.17, 15) is 9.59 Å². The van der Waals surface area contributed by atoms with Gasteiger partial charge in [0.1, 0.15) is 18.1 Å². The number of benzene rings is 1. The summed E-state index contributed by atoms with van der Waals surface area (Å²) in [4.78, 5) is 22.8. The minimum atomic E-state index is -1.09. The van der Waals surface area contributed by atoms with Crippen LogP contribution in [-0.4, -0.2) is 38.6 Å². The number of ether oxygens (including phenoxy) is 1. The molecule has 0 saturated heterocycles. The van der Waals surface area contributed by atoms with Crippen molar-refractivity contribution in [1.29, 1.82) is 0 Å². The van der Waals surface area contributed by atoms with Crippen molar-refractivity contribution in [1.82, 2.24) is 14.3 Å². The maximum absolute atomic E-state index is 12.1. The molecule has 3 N–H and O–H groups in total. The number of carboxylic acid groups (broad SMARTS) is 1. The lowest BCUT2D eigenvalue weighted by Crippen LogP contribution is -2.33. The Morgan fingerprint density at radius 3 is 2.68 bits per heavy atom. The topological polar surface area (TPSA) is 112 Å². The largest absolute Gasteiger partial charge is 0.497 e. The summed E-state index contributed by atoms with van der Waals surface area (Å²) in [6.07, 6.45) is 1.58. The second-order valence-electron chi connectivity index (χ2n) is 4.85. The van der Waals surface area contributed by atoms with Crippen molar-refractivity contribution in [3.8, 4) is 5.75 Å². The Bertz CT molecular complexity index is 690. The minimum absolute atomic E-state index is 0.148. The molecule has 0 unspecified atom stereocenters. The lowest BCUT2D eigenvalue weighted by atomic mass is 10.2. The first kappa shape index (κ1) is 15.8. The fraction of sp³-hybridized carbons (Fsp3) is 0.357. The average Bonchev–Trinajstić information content (AvgIpc) is 2.86. The third-order valence-electron chi connectivity index (χ3n) is 3.28. The SMILES string of the molecule is COc1ccc(Cn2cnn(CC[C@H](N)C(=O)O)c2=O)cc1. The summed E-state index contributed by atoms with van der Waals surface area (Å²) in [5.41, 5.74) is 6.05. The van der Waals surface area contributed by atoms with Gasteiger partial charge >= 0.3 is 11.7 Å². The van der Waals surface area contributed by atoms with E-state index in [4.69, 9.17) is 15.6 Å². The molecule has 8 nitrogen and oxygen atoms in total. The molecule has 0 aliphatic rings. The fourth-order valence-corrected chi connectivity index (χ4v) is 1.95. The molecule has 0 spiro atoms. The predicted molar refractivity (Wildman–Crippen MR) is 78.8 cm³/mol. The van der Waals surface area contributed by atoms with Crippen molar-refractivity contribution in [3.63, 3.8) is 0 Å². The summed E-state index contributed by atoms with van der Waals surface area (Å²) in [6.45, 7) is 0.551. The highest BCUT2D eigenvalue weighted by molar-refractivity contribution is 5.72. The quantitative estimate of drug-likeness (QED) is 0.739. The zero-order valence-electron chi connectivity index (χ0n) is 12.2. The predicted octanol–water partition coefficient (Wildman–Crippen LogP) is -0.0963.